The third kappa shape index (κ3) is 6.85. The van der Waals surface area contributed by atoms with Crippen LogP contribution in [0.15, 0.2) is 48.5 Å². The van der Waals surface area contributed by atoms with Gasteiger partial charge in [0.05, 0.1) is 22.7 Å². The maximum atomic E-state index is 12.8. The van der Waals surface area contributed by atoms with Gasteiger partial charge in [0.2, 0.25) is 0 Å². The molecule has 1 aromatic heterocycles. The Morgan fingerprint density at radius 3 is 2.76 bits per heavy atom. The van der Waals surface area contributed by atoms with Gasteiger partial charge in [0, 0.05) is 32.3 Å². The summed E-state index contributed by atoms with van der Waals surface area (Å²) >= 11 is 6.68. The molecule has 3 aromatic rings. The zero-order valence-electron chi connectivity index (χ0n) is 24.6. The first kappa shape index (κ1) is 29.4. The van der Waals surface area contributed by atoms with Crippen molar-refractivity contribution in [3.63, 3.8) is 0 Å². The van der Waals surface area contributed by atoms with E-state index in [9.17, 15) is 4.79 Å². The molecular weight excluding hydrogens is 538 g/mol. The molecular formula is C33H40ClN3O4. The molecule has 0 saturated carbocycles. The van der Waals surface area contributed by atoms with Gasteiger partial charge in [-0.05, 0) is 93.6 Å². The van der Waals surface area contributed by atoms with Crippen LogP contribution in [0.5, 0.6) is 5.75 Å². The molecule has 218 valence electrons. The van der Waals surface area contributed by atoms with Gasteiger partial charge >= 0.3 is 5.97 Å². The van der Waals surface area contributed by atoms with Crippen LogP contribution in [0.1, 0.15) is 49.4 Å². The fraction of sp³-hybridized carbons (Fsp3) is 0.455. The van der Waals surface area contributed by atoms with Crippen LogP contribution in [-0.4, -0.2) is 49.4 Å². The number of nitrogens with zero attached hydrogens (tertiary/aromatic N) is 2. The van der Waals surface area contributed by atoms with Gasteiger partial charge in [0.1, 0.15) is 23.8 Å². The van der Waals surface area contributed by atoms with E-state index in [4.69, 9.17) is 30.8 Å². The van der Waals surface area contributed by atoms with E-state index in [1.54, 1.807) is 7.11 Å². The van der Waals surface area contributed by atoms with Crippen molar-refractivity contribution in [3.8, 4) is 17.0 Å². The summed E-state index contributed by atoms with van der Waals surface area (Å²) in [6, 6.07) is 16.2. The van der Waals surface area contributed by atoms with Gasteiger partial charge in [-0.2, -0.15) is 0 Å². The van der Waals surface area contributed by atoms with E-state index in [1.165, 1.54) is 16.7 Å². The van der Waals surface area contributed by atoms with Crippen molar-refractivity contribution < 1.29 is 19.0 Å². The van der Waals surface area contributed by atoms with Crippen molar-refractivity contribution >= 4 is 23.4 Å². The maximum Gasteiger partial charge on any atom is 0.312 e. The predicted octanol–water partition coefficient (Wildman–Crippen LogP) is 6.12. The van der Waals surface area contributed by atoms with Crippen molar-refractivity contribution in [1.82, 2.24) is 10.3 Å². The predicted molar refractivity (Wildman–Crippen MR) is 163 cm³/mol. The highest BCUT2D eigenvalue weighted by Crippen LogP contribution is 2.37. The molecule has 0 aliphatic carbocycles. The molecule has 0 spiro atoms. The van der Waals surface area contributed by atoms with Crippen LogP contribution in [-0.2, 0) is 33.8 Å². The quantitative estimate of drug-likeness (QED) is 0.339. The molecule has 1 N–H and O–H groups in total. The molecule has 5 rings (SSSR count). The van der Waals surface area contributed by atoms with E-state index in [0.29, 0.717) is 36.9 Å². The van der Waals surface area contributed by atoms with Gasteiger partial charge in [-0.25, -0.2) is 4.98 Å². The summed E-state index contributed by atoms with van der Waals surface area (Å²) < 4.78 is 17.8. The Morgan fingerprint density at radius 2 is 1.98 bits per heavy atom. The normalized spacial score (nSPS) is 19.0. The van der Waals surface area contributed by atoms with Crippen molar-refractivity contribution in [3.05, 3.63) is 75.8 Å². The highest BCUT2D eigenvalue weighted by atomic mass is 35.5. The third-order valence-corrected chi connectivity index (χ3v) is 8.05. The van der Waals surface area contributed by atoms with Crippen molar-refractivity contribution in [1.29, 1.82) is 0 Å². The van der Waals surface area contributed by atoms with Crippen LogP contribution in [0.4, 0.5) is 5.82 Å². The van der Waals surface area contributed by atoms with Crippen molar-refractivity contribution in [2.24, 2.45) is 5.92 Å². The number of para-hydroxylation sites is 1. The Kier molecular flexibility index (Phi) is 8.88. The van der Waals surface area contributed by atoms with Gasteiger partial charge < -0.3 is 24.4 Å². The number of nitrogens with one attached hydrogen (secondary N) is 1. The van der Waals surface area contributed by atoms with E-state index in [-0.39, 0.29) is 18.0 Å². The third-order valence-electron chi connectivity index (χ3n) is 7.75. The van der Waals surface area contributed by atoms with Gasteiger partial charge in [0.25, 0.3) is 0 Å². The molecule has 0 radical (unpaired) electrons. The Hall–Kier alpha value is -3.13. The number of pyridine rings is 1. The number of benzene rings is 2. The second-order valence-electron chi connectivity index (χ2n) is 11.9. The van der Waals surface area contributed by atoms with Crippen LogP contribution in [0.3, 0.4) is 0 Å². The first-order valence-electron chi connectivity index (χ1n) is 14.3. The lowest BCUT2D eigenvalue weighted by Crippen LogP contribution is -2.49. The van der Waals surface area contributed by atoms with Crippen LogP contribution in [0.2, 0.25) is 5.02 Å². The summed E-state index contributed by atoms with van der Waals surface area (Å²) in [6.45, 7) is 11.4. The minimum atomic E-state index is -0.532. The van der Waals surface area contributed by atoms with Crippen LogP contribution < -0.4 is 15.0 Å². The van der Waals surface area contributed by atoms with E-state index in [0.717, 1.165) is 42.1 Å². The number of aromatic nitrogens is 1. The number of rotatable bonds is 7. The van der Waals surface area contributed by atoms with Crippen LogP contribution in [0.25, 0.3) is 11.3 Å². The molecule has 41 heavy (non-hydrogen) atoms. The lowest BCUT2D eigenvalue weighted by molar-refractivity contribution is -0.165. The number of hydrogen-bond acceptors (Lipinski definition) is 7. The molecule has 1 fully saturated rings. The average Bonchev–Trinajstić information content (AvgIpc) is 2.95. The Morgan fingerprint density at radius 1 is 1.17 bits per heavy atom. The fourth-order valence-corrected chi connectivity index (χ4v) is 5.97. The number of ether oxygens (including phenoxy) is 3. The van der Waals surface area contributed by atoms with Crippen LogP contribution in [0, 0.1) is 12.8 Å². The van der Waals surface area contributed by atoms with Gasteiger partial charge in [-0.1, -0.05) is 35.9 Å². The number of piperidine rings is 1. The minimum absolute atomic E-state index is 0.211. The summed E-state index contributed by atoms with van der Waals surface area (Å²) in [7, 11) is 1.64. The van der Waals surface area contributed by atoms with Gasteiger partial charge in [-0.3, -0.25) is 4.79 Å². The maximum absolute atomic E-state index is 12.8. The number of anilines is 1. The molecule has 3 heterocycles. The largest absolute Gasteiger partial charge is 0.487 e. The second-order valence-corrected chi connectivity index (χ2v) is 12.3. The van der Waals surface area contributed by atoms with Crippen molar-refractivity contribution in [2.45, 2.75) is 65.4 Å². The molecule has 0 amide bonds. The standard InChI is InChI=1S/C33H40ClN3O4/c1-21-16-22(17-23-12-14-35-18-26(21)23)20-40-31-24(8-6-9-27(31)34)28-10-7-11-30(36-28)37-15-13-25(29(19-37)39-5)32(38)41-33(2,3)4/h6-11,16-17,25,29,35H,12-15,18-20H2,1-5H3/t25-,29+/m0/s1. The summed E-state index contributed by atoms with van der Waals surface area (Å²) in [5.41, 5.74) is 6.28. The summed E-state index contributed by atoms with van der Waals surface area (Å²) in [4.78, 5) is 20.0. The van der Waals surface area contributed by atoms with E-state index < -0.39 is 5.60 Å². The molecule has 7 nitrogen and oxygen atoms in total. The molecule has 2 aliphatic rings. The lowest BCUT2D eigenvalue weighted by Gasteiger charge is -2.38. The number of halogens is 1. The number of carbonyl (C=O) groups excluding carboxylic acids is 1. The molecule has 2 aliphatic heterocycles. The number of fused-ring (bicyclic) bond motifs is 1. The highest BCUT2D eigenvalue weighted by molar-refractivity contribution is 6.32. The topological polar surface area (TPSA) is 72.9 Å². The summed E-state index contributed by atoms with van der Waals surface area (Å²) in [6.07, 6.45) is 1.36. The number of aryl methyl sites for hydroxylation is 1. The van der Waals surface area contributed by atoms with Gasteiger partial charge in [0.15, 0.2) is 0 Å². The first-order chi connectivity index (χ1) is 19.6. The lowest BCUT2D eigenvalue weighted by atomic mass is 9.93. The fourth-order valence-electron chi connectivity index (χ4n) is 5.74. The summed E-state index contributed by atoms with van der Waals surface area (Å²) in [5, 5.41) is 4.00. The number of carbonyl (C=O) groups is 1. The zero-order valence-corrected chi connectivity index (χ0v) is 25.4. The van der Waals surface area contributed by atoms with E-state index >= 15 is 0 Å². The Bertz CT molecular complexity index is 1400. The number of methoxy groups -OCH3 is 1. The number of hydrogen-bond donors (Lipinski definition) is 1. The van der Waals surface area contributed by atoms with E-state index in [2.05, 4.69) is 29.3 Å². The molecule has 2 aromatic carbocycles. The molecule has 0 bridgehead atoms. The zero-order chi connectivity index (χ0) is 29.1. The van der Waals surface area contributed by atoms with Gasteiger partial charge in [-0.15, -0.1) is 0 Å². The first-order valence-corrected chi connectivity index (χ1v) is 14.7. The Labute approximate surface area is 248 Å². The Balaban J connectivity index is 1.34. The molecule has 8 heteroatoms. The summed E-state index contributed by atoms with van der Waals surface area (Å²) in [5.74, 6) is 0.915. The van der Waals surface area contributed by atoms with E-state index in [1.807, 2.05) is 57.2 Å². The SMILES string of the molecule is CO[C@@H]1CN(c2cccc(-c3cccc(Cl)c3OCc3cc(C)c4c(c3)CCNC4)n2)CC[C@@H]1C(=O)OC(C)(C)C. The smallest absolute Gasteiger partial charge is 0.312 e. The van der Waals surface area contributed by atoms with Crippen molar-refractivity contribution in [2.75, 3.05) is 31.6 Å². The highest BCUT2D eigenvalue weighted by Gasteiger charge is 2.37. The number of esters is 1. The molecule has 2 atom stereocenters. The monoisotopic (exact) mass is 577 g/mol. The van der Waals surface area contributed by atoms with Crippen LogP contribution >= 0.6 is 11.6 Å². The molecule has 1 saturated heterocycles. The minimum Gasteiger partial charge on any atom is -0.487 e. The second kappa shape index (κ2) is 12.4. The molecule has 0 unspecified atom stereocenters. The average molecular weight is 578 g/mol.